The molecule has 9 aromatic rings. The summed E-state index contributed by atoms with van der Waals surface area (Å²) >= 11 is 0. The van der Waals surface area contributed by atoms with Crippen LogP contribution in [0.5, 0.6) is 0 Å². The molecule has 1 nitrogen and oxygen atoms in total. The maximum atomic E-state index is 2.55. The van der Waals surface area contributed by atoms with Crippen LogP contribution in [0.1, 0.15) is 0 Å². The molecule has 0 amide bonds. The summed E-state index contributed by atoms with van der Waals surface area (Å²) in [4.78, 5) is 2.55. The zero-order valence-corrected chi connectivity index (χ0v) is 26.2. The first-order valence-corrected chi connectivity index (χ1v) is 16.8. The van der Waals surface area contributed by atoms with E-state index in [4.69, 9.17) is 0 Å². The molecule has 0 radical (unpaired) electrons. The predicted octanol–water partition coefficient (Wildman–Crippen LogP) is 10.2. The fourth-order valence-electron chi connectivity index (χ4n) is 8.82. The zero-order valence-electron chi connectivity index (χ0n) is 26.2. The van der Waals surface area contributed by atoms with Gasteiger partial charge in [0.1, 0.15) is 0 Å². The zero-order chi connectivity index (χ0) is 31.3. The van der Waals surface area contributed by atoms with Crippen LogP contribution in [-0.2, 0) is 0 Å². The lowest BCUT2D eigenvalue weighted by Crippen LogP contribution is -2.54. The first-order chi connectivity index (χ1) is 23.8. The van der Waals surface area contributed by atoms with Crippen molar-refractivity contribution in [3.63, 3.8) is 0 Å². The quantitative estimate of drug-likeness (QED) is 0.143. The van der Waals surface area contributed by atoms with Crippen molar-refractivity contribution in [3.05, 3.63) is 170 Å². The monoisotopic (exact) mass is 605 g/mol. The summed E-state index contributed by atoms with van der Waals surface area (Å²) in [7, 11) is 0. The van der Waals surface area contributed by atoms with E-state index < -0.39 is 0 Å². The van der Waals surface area contributed by atoms with Crippen LogP contribution in [0.25, 0.3) is 65.7 Å². The number of nitrogens with zero attached hydrogens (tertiary/aromatic N) is 1. The third-order valence-corrected chi connectivity index (χ3v) is 10.8. The number of fused-ring (bicyclic) bond motifs is 5. The van der Waals surface area contributed by atoms with Gasteiger partial charge in [-0.15, -0.1) is 0 Å². The summed E-state index contributed by atoms with van der Waals surface area (Å²) in [5.74, 6) is 0. The van der Waals surface area contributed by atoms with Gasteiger partial charge in [-0.25, -0.2) is 0 Å². The van der Waals surface area contributed by atoms with Gasteiger partial charge >= 0.3 is 0 Å². The van der Waals surface area contributed by atoms with Crippen molar-refractivity contribution in [1.82, 2.24) is 0 Å². The number of hydrogen-bond donors (Lipinski definition) is 0. The van der Waals surface area contributed by atoms with Gasteiger partial charge in [0.05, 0.1) is 5.69 Å². The van der Waals surface area contributed by atoms with Gasteiger partial charge in [-0.1, -0.05) is 157 Å². The lowest BCUT2D eigenvalue weighted by Gasteiger charge is -2.37. The molecule has 220 valence electrons. The SMILES string of the molecule is c1ccc(-c2ccccc2-c2ccc3c(c2)B2c4ccccc4-c4cccc(c42)N3c2ccc3ccc4cccc5ccc2c3c45)cc1. The number of anilines is 3. The molecule has 0 bridgehead atoms. The second-order valence-electron chi connectivity index (χ2n) is 13.2. The molecule has 0 spiro atoms. The molecule has 2 heteroatoms. The molecule has 0 aliphatic carbocycles. The maximum Gasteiger partial charge on any atom is 0.248 e. The van der Waals surface area contributed by atoms with E-state index >= 15 is 0 Å². The fraction of sp³-hybridized carbons (Fsp3) is 0. The van der Waals surface area contributed by atoms with Gasteiger partial charge in [0, 0.05) is 16.8 Å². The van der Waals surface area contributed by atoms with Crippen LogP contribution < -0.4 is 21.3 Å². The molecule has 0 unspecified atom stereocenters. The number of hydrogen-bond acceptors (Lipinski definition) is 1. The second kappa shape index (κ2) is 9.70. The Morgan fingerprint density at radius 3 is 1.81 bits per heavy atom. The highest BCUT2D eigenvalue weighted by Crippen LogP contribution is 2.46. The minimum Gasteiger partial charge on any atom is -0.311 e. The Morgan fingerprint density at radius 2 is 0.979 bits per heavy atom. The van der Waals surface area contributed by atoms with Gasteiger partial charge in [-0.3, -0.25) is 0 Å². The van der Waals surface area contributed by atoms with Gasteiger partial charge in [0.2, 0.25) is 6.71 Å². The minimum atomic E-state index is 0.169. The molecule has 0 saturated carbocycles. The Bertz CT molecular complexity index is 2730. The van der Waals surface area contributed by atoms with Crippen molar-refractivity contribution in [2.45, 2.75) is 0 Å². The first kappa shape index (κ1) is 26.0. The standard InChI is InChI=1S/C46H28BN/c1-2-10-29(11-3-1)34-14-4-5-15-35(34)33-24-27-42-40(28-33)47-39-18-7-6-16-36(39)37-17-9-19-43(46(37)47)48(42)41-26-23-32-21-20-30-12-8-13-31-22-25-38(41)45(32)44(30)31/h1-28H. The molecule has 0 aromatic heterocycles. The molecular formula is C46H28BN. The van der Waals surface area contributed by atoms with Crippen molar-refractivity contribution < 1.29 is 0 Å². The molecular weight excluding hydrogens is 577 g/mol. The summed E-state index contributed by atoms with van der Waals surface area (Å²) in [5.41, 5.74) is 15.6. The van der Waals surface area contributed by atoms with Crippen LogP contribution in [-0.4, -0.2) is 6.71 Å². The van der Waals surface area contributed by atoms with Gasteiger partial charge in [0.25, 0.3) is 0 Å². The van der Waals surface area contributed by atoms with Crippen LogP contribution in [0, 0.1) is 0 Å². The van der Waals surface area contributed by atoms with Crippen LogP contribution in [0.3, 0.4) is 0 Å². The maximum absolute atomic E-state index is 2.55. The van der Waals surface area contributed by atoms with Crippen LogP contribution in [0.2, 0.25) is 0 Å². The van der Waals surface area contributed by atoms with Crippen LogP contribution in [0.15, 0.2) is 170 Å². The summed E-state index contributed by atoms with van der Waals surface area (Å²) in [5, 5.41) is 7.85. The Morgan fingerprint density at radius 1 is 0.354 bits per heavy atom. The largest absolute Gasteiger partial charge is 0.311 e. The molecule has 11 rings (SSSR count). The Labute approximate surface area is 279 Å². The molecule has 0 N–H and O–H groups in total. The van der Waals surface area contributed by atoms with E-state index in [1.807, 2.05) is 0 Å². The Kier molecular flexibility index (Phi) is 5.26. The molecule has 2 aliphatic heterocycles. The second-order valence-corrected chi connectivity index (χ2v) is 13.2. The smallest absolute Gasteiger partial charge is 0.248 e. The van der Waals surface area contributed by atoms with E-state index in [1.54, 1.807) is 0 Å². The minimum absolute atomic E-state index is 0.169. The first-order valence-electron chi connectivity index (χ1n) is 16.8. The molecule has 0 saturated heterocycles. The molecule has 2 heterocycles. The van der Waals surface area contributed by atoms with E-state index in [0.717, 1.165) is 0 Å². The summed E-state index contributed by atoms with van der Waals surface area (Å²) in [6.07, 6.45) is 0. The van der Waals surface area contributed by atoms with E-state index in [2.05, 4.69) is 175 Å². The van der Waals surface area contributed by atoms with Crippen molar-refractivity contribution in [3.8, 4) is 33.4 Å². The summed E-state index contributed by atoms with van der Waals surface area (Å²) in [6, 6.07) is 63.2. The molecule has 0 atom stereocenters. The summed E-state index contributed by atoms with van der Waals surface area (Å²) in [6.45, 7) is 0.169. The third kappa shape index (κ3) is 3.47. The lowest BCUT2D eigenvalue weighted by atomic mass is 9.37. The van der Waals surface area contributed by atoms with E-state index in [-0.39, 0.29) is 6.71 Å². The van der Waals surface area contributed by atoms with Crippen LogP contribution >= 0.6 is 0 Å². The number of rotatable bonds is 3. The highest BCUT2D eigenvalue weighted by molar-refractivity contribution is 7.01. The number of benzene rings is 9. The van der Waals surface area contributed by atoms with E-state index in [0.29, 0.717) is 0 Å². The normalized spacial score (nSPS) is 12.9. The van der Waals surface area contributed by atoms with Gasteiger partial charge < -0.3 is 4.90 Å². The fourth-order valence-corrected chi connectivity index (χ4v) is 8.82. The van der Waals surface area contributed by atoms with E-state index in [9.17, 15) is 0 Å². The topological polar surface area (TPSA) is 3.24 Å². The average molecular weight is 606 g/mol. The van der Waals surface area contributed by atoms with Gasteiger partial charge in [-0.05, 0) is 89.4 Å². The molecule has 2 aliphatic rings. The van der Waals surface area contributed by atoms with Gasteiger partial charge in [-0.2, -0.15) is 0 Å². The van der Waals surface area contributed by atoms with Crippen molar-refractivity contribution in [2.75, 3.05) is 4.90 Å². The lowest BCUT2D eigenvalue weighted by molar-refractivity contribution is 1.31. The Hall–Kier alpha value is -6.12. The highest BCUT2D eigenvalue weighted by atomic mass is 15.2. The van der Waals surface area contributed by atoms with Crippen molar-refractivity contribution >= 4 is 72.5 Å². The average Bonchev–Trinajstić information content (AvgIpc) is 3.50. The van der Waals surface area contributed by atoms with Gasteiger partial charge in [0.15, 0.2) is 0 Å². The van der Waals surface area contributed by atoms with Crippen molar-refractivity contribution in [2.24, 2.45) is 0 Å². The highest BCUT2D eigenvalue weighted by Gasteiger charge is 2.42. The van der Waals surface area contributed by atoms with Crippen LogP contribution in [0.4, 0.5) is 17.1 Å². The van der Waals surface area contributed by atoms with E-state index in [1.165, 1.54) is 99.1 Å². The van der Waals surface area contributed by atoms with Crippen molar-refractivity contribution in [1.29, 1.82) is 0 Å². The third-order valence-electron chi connectivity index (χ3n) is 10.8. The molecule has 0 fully saturated rings. The predicted molar refractivity (Wildman–Crippen MR) is 206 cm³/mol. The summed E-state index contributed by atoms with van der Waals surface area (Å²) < 4.78 is 0. The molecule has 9 aromatic carbocycles. The Balaban J connectivity index is 1.21. The molecule has 48 heavy (non-hydrogen) atoms.